The lowest BCUT2D eigenvalue weighted by Crippen LogP contribution is -2.41. The molecule has 0 bridgehead atoms. The van der Waals surface area contributed by atoms with Gasteiger partial charge >= 0.3 is 5.97 Å². The van der Waals surface area contributed by atoms with Crippen LogP contribution >= 0.6 is 0 Å². The summed E-state index contributed by atoms with van der Waals surface area (Å²) >= 11 is 0. The van der Waals surface area contributed by atoms with Crippen LogP contribution in [0.1, 0.15) is 41.8 Å². The Labute approximate surface area is 157 Å². The quantitative estimate of drug-likeness (QED) is 0.717. The van der Waals surface area contributed by atoms with Gasteiger partial charge in [0.15, 0.2) is 13.2 Å². The molecular weight excluding hydrogens is 350 g/mol. The number of hydrogen-bond acceptors (Lipinski definition) is 7. The van der Waals surface area contributed by atoms with Crippen LogP contribution in [0.15, 0.2) is 28.8 Å². The molecule has 1 amide bonds. The number of esters is 1. The van der Waals surface area contributed by atoms with E-state index >= 15 is 0 Å². The van der Waals surface area contributed by atoms with E-state index in [4.69, 9.17) is 14.0 Å². The smallest absolute Gasteiger partial charge is 0.338 e. The summed E-state index contributed by atoms with van der Waals surface area (Å²) in [5.41, 5.74) is 0.359. The van der Waals surface area contributed by atoms with Gasteiger partial charge < -0.3 is 18.9 Å². The lowest BCUT2D eigenvalue weighted by molar-refractivity contribution is -0.136. The van der Waals surface area contributed by atoms with Crippen molar-refractivity contribution in [2.75, 3.05) is 19.7 Å². The molecule has 1 atom stereocenters. The number of carbonyl (C=O) groups is 2. The number of rotatable bonds is 6. The molecule has 8 nitrogen and oxygen atoms in total. The number of likely N-dealkylation sites (tertiary alicyclic amines) is 1. The van der Waals surface area contributed by atoms with Crippen LogP contribution in [0.2, 0.25) is 0 Å². The zero-order chi connectivity index (χ0) is 19.2. The lowest BCUT2D eigenvalue weighted by Gasteiger charge is -2.30. The van der Waals surface area contributed by atoms with Gasteiger partial charge in [-0.15, -0.1) is 0 Å². The second-order valence-electron chi connectivity index (χ2n) is 6.71. The van der Waals surface area contributed by atoms with E-state index < -0.39 is 5.97 Å². The van der Waals surface area contributed by atoms with Gasteiger partial charge in [-0.2, -0.15) is 4.98 Å². The van der Waals surface area contributed by atoms with E-state index in [9.17, 15) is 9.59 Å². The Balaban J connectivity index is 1.46. The molecule has 0 spiro atoms. The maximum Gasteiger partial charge on any atom is 0.338 e. The van der Waals surface area contributed by atoms with Crippen molar-refractivity contribution in [1.29, 1.82) is 0 Å². The number of piperidine rings is 1. The molecule has 1 fully saturated rings. The Morgan fingerprint density at radius 1 is 1.30 bits per heavy atom. The molecule has 0 saturated carbocycles. The van der Waals surface area contributed by atoms with E-state index in [1.54, 1.807) is 36.1 Å². The van der Waals surface area contributed by atoms with Crippen molar-refractivity contribution in [2.45, 2.75) is 33.3 Å². The van der Waals surface area contributed by atoms with Gasteiger partial charge in [0.2, 0.25) is 11.7 Å². The van der Waals surface area contributed by atoms with Crippen molar-refractivity contribution in [3.63, 3.8) is 0 Å². The summed E-state index contributed by atoms with van der Waals surface area (Å²) in [7, 11) is 0. The monoisotopic (exact) mass is 373 g/mol. The van der Waals surface area contributed by atoms with Crippen LogP contribution < -0.4 is 4.74 Å². The maximum atomic E-state index is 12.2. The molecule has 144 valence electrons. The molecular formula is C19H23N3O5. The molecule has 1 aliphatic rings. The van der Waals surface area contributed by atoms with E-state index in [-0.39, 0.29) is 19.1 Å². The van der Waals surface area contributed by atoms with Gasteiger partial charge in [-0.3, -0.25) is 4.79 Å². The molecule has 3 rings (SSSR count). The first kappa shape index (κ1) is 18.9. The van der Waals surface area contributed by atoms with Crippen LogP contribution in [0.5, 0.6) is 5.75 Å². The van der Waals surface area contributed by atoms with Crippen molar-refractivity contribution in [1.82, 2.24) is 15.0 Å². The molecule has 1 aliphatic heterocycles. The van der Waals surface area contributed by atoms with Crippen LogP contribution in [-0.2, 0) is 16.1 Å². The molecule has 2 heterocycles. The van der Waals surface area contributed by atoms with Crippen LogP contribution in [0, 0.1) is 12.8 Å². The first-order chi connectivity index (χ1) is 13.0. The number of ether oxygens (including phenoxy) is 2. The first-order valence-electron chi connectivity index (χ1n) is 8.98. The van der Waals surface area contributed by atoms with Crippen LogP contribution in [-0.4, -0.2) is 46.6 Å². The van der Waals surface area contributed by atoms with E-state index in [1.807, 2.05) is 0 Å². The zero-order valence-electron chi connectivity index (χ0n) is 15.5. The minimum atomic E-state index is -0.534. The number of carbonyl (C=O) groups excluding carboxylic acids is 2. The minimum Gasteiger partial charge on any atom is -0.485 e. The van der Waals surface area contributed by atoms with E-state index in [0.717, 1.165) is 25.9 Å². The summed E-state index contributed by atoms with van der Waals surface area (Å²) in [6.45, 7) is 5.21. The third kappa shape index (κ3) is 5.29. The van der Waals surface area contributed by atoms with Gasteiger partial charge in [0.25, 0.3) is 5.91 Å². The standard InChI is InChI=1S/C19H23N3O5/c1-13-4-3-9-22(10-13)18(23)12-26-19(24)15-5-7-16(8-6-15)25-11-17-20-14(2)27-21-17/h5-8,13H,3-4,9-12H2,1-2H3. The van der Waals surface area contributed by atoms with Crippen LogP contribution in [0.25, 0.3) is 0 Å². The summed E-state index contributed by atoms with van der Waals surface area (Å²) in [5.74, 6) is 1.29. The second-order valence-corrected chi connectivity index (χ2v) is 6.71. The highest BCUT2D eigenvalue weighted by Gasteiger charge is 2.22. The molecule has 0 N–H and O–H groups in total. The fourth-order valence-electron chi connectivity index (χ4n) is 2.95. The fourth-order valence-corrected chi connectivity index (χ4v) is 2.95. The fraction of sp³-hybridized carbons (Fsp3) is 0.474. The van der Waals surface area contributed by atoms with E-state index in [0.29, 0.717) is 28.9 Å². The molecule has 1 aromatic heterocycles. The van der Waals surface area contributed by atoms with Crippen molar-refractivity contribution in [2.24, 2.45) is 5.92 Å². The van der Waals surface area contributed by atoms with Crippen LogP contribution in [0.3, 0.4) is 0 Å². The summed E-state index contributed by atoms with van der Waals surface area (Å²) < 4.78 is 15.5. The van der Waals surface area contributed by atoms with E-state index in [2.05, 4.69) is 17.1 Å². The first-order valence-corrected chi connectivity index (χ1v) is 8.98. The molecule has 27 heavy (non-hydrogen) atoms. The number of benzene rings is 1. The largest absolute Gasteiger partial charge is 0.485 e. The van der Waals surface area contributed by atoms with Crippen molar-refractivity contribution in [3.8, 4) is 5.75 Å². The Morgan fingerprint density at radius 3 is 2.74 bits per heavy atom. The predicted molar refractivity (Wildman–Crippen MR) is 95.1 cm³/mol. The second kappa shape index (κ2) is 8.66. The molecule has 0 radical (unpaired) electrons. The van der Waals surface area contributed by atoms with Gasteiger partial charge in [0, 0.05) is 20.0 Å². The zero-order valence-corrected chi connectivity index (χ0v) is 15.5. The Kier molecular flexibility index (Phi) is 6.05. The Bertz CT molecular complexity index is 787. The van der Waals surface area contributed by atoms with Gasteiger partial charge in [0.05, 0.1) is 5.56 Å². The van der Waals surface area contributed by atoms with Crippen molar-refractivity contribution >= 4 is 11.9 Å². The highest BCUT2D eigenvalue weighted by molar-refractivity contribution is 5.91. The molecule has 1 unspecified atom stereocenters. The highest BCUT2D eigenvalue weighted by Crippen LogP contribution is 2.16. The summed E-state index contributed by atoms with van der Waals surface area (Å²) in [5, 5.41) is 3.74. The minimum absolute atomic E-state index is 0.148. The van der Waals surface area contributed by atoms with Gasteiger partial charge in [-0.05, 0) is 43.0 Å². The number of amides is 1. The topological polar surface area (TPSA) is 94.8 Å². The van der Waals surface area contributed by atoms with Crippen molar-refractivity contribution < 1.29 is 23.6 Å². The summed E-state index contributed by atoms with van der Waals surface area (Å²) in [6, 6.07) is 6.48. The normalized spacial score (nSPS) is 16.8. The predicted octanol–water partition coefficient (Wildman–Crippen LogP) is 2.37. The molecule has 1 aromatic carbocycles. The SMILES string of the molecule is Cc1nc(COc2ccc(C(=O)OCC(=O)N3CCCC(C)C3)cc2)no1. The third-order valence-electron chi connectivity index (χ3n) is 4.36. The maximum absolute atomic E-state index is 12.2. The lowest BCUT2D eigenvalue weighted by atomic mass is 10.0. The van der Waals surface area contributed by atoms with Crippen LogP contribution in [0.4, 0.5) is 0 Å². The van der Waals surface area contributed by atoms with Gasteiger partial charge in [0.1, 0.15) is 5.75 Å². The Morgan fingerprint density at radius 2 is 2.07 bits per heavy atom. The molecule has 8 heteroatoms. The molecule has 2 aromatic rings. The van der Waals surface area contributed by atoms with Gasteiger partial charge in [-0.1, -0.05) is 12.1 Å². The average molecular weight is 373 g/mol. The number of hydrogen-bond donors (Lipinski definition) is 0. The van der Waals surface area contributed by atoms with Gasteiger partial charge in [-0.25, -0.2) is 4.79 Å². The third-order valence-corrected chi connectivity index (χ3v) is 4.36. The number of nitrogens with zero attached hydrogens (tertiary/aromatic N) is 3. The van der Waals surface area contributed by atoms with E-state index in [1.165, 1.54) is 0 Å². The highest BCUT2D eigenvalue weighted by atomic mass is 16.5. The number of aryl methyl sites for hydroxylation is 1. The Hall–Kier alpha value is -2.90. The van der Waals surface area contributed by atoms with Crippen molar-refractivity contribution in [3.05, 3.63) is 41.5 Å². The summed E-state index contributed by atoms with van der Waals surface area (Å²) in [6.07, 6.45) is 2.12. The number of aromatic nitrogens is 2. The average Bonchev–Trinajstić information content (AvgIpc) is 3.10. The molecule has 0 aliphatic carbocycles. The summed E-state index contributed by atoms with van der Waals surface area (Å²) in [4.78, 5) is 30.1. The molecule has 1 saturated heterocycles.